The topological polar surface area (TPSA) is 55.1 Å². The van der Waals surface area contributed by atoms with Gasteiger partial charge in [-0.05, 0) is 18.6 Å². The Morgan fingerprint density at radius 1 is 1.60 bits per heavy atom. The van der Waals surface area contributed by atoms with Crippen molar-refractivity contribution in [1.29, 1.82) is 0 Å². The Morgan fingerprint density at radius 3 is 3.00 bits per heavy atom. The van der Waals surface area contributed by atoms with E-state index in [0.717, 1.165) is 27.4 Å². The van der Waals surface area contributed by atoms with Crippen molar-refractivity contribution in [3.05, 3.63) is 27.5 Å². The fourth-order valence-corrected chi connectivity index (χ4v) is 3.55. The molecule has 1 aromatic carbocycles. The molecule has 0 aliphatic heterocycles. The maximum absolute atomic E-state index is 12.3. The number of nitrogens with one attached hydrogen (secondary N) is 1. The Morgan fingerprint density at radius 2 is 2.35 bits per heavy atom. The van der Waals surface area contributed by atoms with E-state index < -0.39 is 0 Å². The van der Waals surface area contributed by atoms with Crippen molar-refractivity contribution in [2.75, 3.05) is 5.73 Å². The lowest BCUT2D eigenvalue weighted by molar-refractivity contribution is 0.0949. The molecule has 2 aromatic rings. The number of fused-ring (bicyclic) bond motifs is 1. The Labute approximate surface area is 130 Å². The van der Waals surface area contributed by atoms with E-state index in [9.17, 15) is 4.79 Å². The number of terminal acetylenes is 1. The van der Waals surface area contributed by atoms with E-state index in [-0.39, 0.29) is 11.9 Å². The highest BCUT2D eigenvalue weighted by atomic mass is 79.9. The third kappa shape index (κ3) is 2.97. The van der Waals surface area contributed by atoms with Crippen molar-refractivity contribution in [2.45, 2.75) is 25.8 Å². The van der Waals surface area contributed by atoms with Crippen LogP contribution in [0.2, 0.25) is 0 Å². The number of nitrogen functional groups attached to an aromatic ring is 1. The summed E-state index contributed by atoms with van der Waals surface area (Å²) in [7, 11) is 0. The molecule has 3 N–H and O–H groups in total. The lowest BCUT2D eigenvalue weighted by Gasteiger charge is -2.11. The van der Waals surface area contributed by atoms with Gasteiger partial charge in [0.2, 0.25) is 0 Å². The number of benzene rings is 1. The largest absolute Gasteiger partial charge is 0.397 e. The number of rotatable bonds is 4. The van der Waals surface area contributed by atoms with Crippen molar-refractivity contribution in [3.63, 3.8) is 0 Å². The van der Waals surface area contributed by atoms with Crippen LogP contribution < -0.4 is 11.1 Å². The second-order valence-electron chi connectivity index (χ2n) is 4.47. The minimum absolute atomic E-state index is 0.198. The number of hydrogen-bond acceptors (Lipinski definition) is 3. The van der Waals surface area contributed by atoms with E-state index in [0.29, 0.717) is 10.6 Å². The van der Waals surface area contributed by atoms with E-state index in [1.165, 1.54) is 11.3 Å². The normalized spacial score (nSPS) is 12.1. The van der Waals surface area contributed by atoms with E-state index in [2.05, 4.69) is 27.2 Å². The highest BCUT2D eigenvalue weighted by Crippen LogP contribution is 2.35. The lowest BCUT2D eigenvalue weighted by Crippen LogP contribution is -2.33. The Kier molecular flexibility index (Phi) is 4.69. The summed E-state index contributed by atoms with van der Waals surface area (Å²) in [6.07, 6.45) is 7.10. The summed E-state index contributed by atoms with van der Waals surface area (Å²) in [6.45, 7) is 2.03. The number of anilines is 1. The van der Waals surface area contributed by atoms with Crippen molar-refractivity contribution >= 4 is 48.9 Å². The predicted molar refractivity (Wildman–Crippen MR) is 88.9 cm³/mol. The van der Waals surface area contributed by atoms with E-state index in [1.807, 2.05) is 25.1 Å². The molecule has 5 heteroatoms. The molecule has 0 saturated heterocycles. The molecule has 0 saturated carbocycles. The predicted octanol–water partition coefficient (Wildman–Crippen LogP) is 3.78. The summed E-state index contributed by atoms with van der Waals surface area (Å²) >= 11 is 4.80. The van der Waals surface area contributed by atoms with Gasteiger partial charge in [0.15, 0.2) is 0 Å². The zero-order valence-corrected chi connectivity index (χ0v) is 13.5. The highest BCUT2D eigenvalue weighted by molar-refractivity contribution is 9.10. The summed E-state index contributed by atoms with van der Waals surface area (Å²) in [5.41, 5.74) is 6.58. The van der Waals surface area contributed by atoms with Crippen molar-refractivity contribution in [1.82, 2.24) is 5.32 Å². The molecule has 0 spiro atoms. The molecule has 0 fully saturated rings. The molecule has 20 heavy (non-hydrogen) atoms. The van der Waals surface area contributed by atoms with Gasteiger partial charge in [0.05, 0.1) is 11.7 Å². The van der Waals surface area contributed by atoms with Crippen LogP contribution in [-0.4, -0.2) is 11.9 Å². The SMILES string of the molecule is C#CC(CCC)NC(=O)c1sc2cc(Br)ccc2c1N. The van der Waals surface area contributed by atoms with Gasteiger partial charge in [-0.1, -0.05) is 41.3 Å². The molecule has 2 rings (SSSR count). The molecule has 0 aliphatic carbocycles. The van der Waals surface area contributed by atoms with Crippen molar-refractivity contribution in [2.24, 2.45) is 0 Å². The summed E-state index contributed by atoms with van der Waals surface area (Å²) in [4.78, 5) is 12.8. The van der Waals surface area contributed by atoms with Gasteiger partial charge in [-0.2, -0.15) is 0 Å². The average Bonchev–Trinajstić information content (AvgIpc) is 2.74. The summed E-state index contributed by atoms with van der Waals surface area (Å²) in [5, 5.41) is 3.74. The van der Waals surface area contributed by atoms with Gasteiger partial charge in [0, 0.05) is 14.6 Å². The van der Waals surface area contributed by atoms with Gasteiger partial charge in [0.25, 0.3) is 5.91 Å². The first-order valence-corrected chi connectivity index (χ1v) is 7.92. The molecular weight excluding hydrogens is 336 g/mol. The number of carbonyl (C=O) groups is 1. The number of halogens is 1. The van der Waals surface area contributed by atoms with Gasteiger partial charge in [-0.15, -0.1) is 17.8 Å². The molecule has 1 aromatic heterocycles. The molecular formula is C15H15BrN2OS. The van der Waals surface area contributed by atoms with Crippen LogP contribution in [0.3, 0.4) is 0 Å². The van der Waals surface area contributed by atoms with Crippen molar-refractivity contribution < 1.29 is 4.79 Å². The summed E-state index contributed by atoms with van der Waals surface area (Å²) in [6, 6.07) is 5.53. The van der Waals surface area contributed by atoms with Gasteiger partial charge in [-0.25, -0.2) is 0 Å². The van der Waals surface area contributed by atoms with Crippen LogP contribution in [-0.2, 0) is 0 Å². The molecule has 1 unspecified atom stereocenters. The number of hydrogen-bond donors (Lipinski definition) is 2. The fraction of sp³-hybridized carbons (Fsp3) is 0.267. The molecule has 104 valence electrons. The van der Waals surface area contributed by atoms with Crippen LogP contribution in [0.25, 0.3) is 10.1 Å². The number of amides is 1. The fourth-order valence-electron chi connectivity index (χ4n) is 1.97. The van der Waals surface area contributed by atoms with Crippen LogP contribution in [0.15, 0.2) is 22.7 Å². The monoisotopic (exact) mass is 350 g/mol. The minimum Gasteiger partial charge on any atom is -0.397 e. The Bertz CT molecular complexity index is 687. The lowest BCUT2D eigenvalue weighted by atomic mass is 10.1. The third-order valence-corrected chi connectivity index (χ3v) is 4.64. The first-order valence-electron chi connectivity index (χ1n) is 6.31. The number of carbonyl (C=O) groups excluding carboxylic acids is 1. The Balaban J connectivity index is 2.31. The summed E-state index contributed by atoms with van der Waals surface area (Å²) in [5.74, 6) is 2.39. The first-order chi connectivity index (χ1) is 9.56. The average molecular weight is 351 g/mol. The first kappa shape index (κ1) is 14.9. The zero-order chi connectivity index (χ0) is 14.7. The molecule has 0 bridgehead atoms. The molecule has 1 atom stereocenters. The maximum atomic E-state index is 12.3. The van der Waals surface area contributed by atoms with Crippen LogP contribution in [0.1, 0.15) is 29.4 Å². The molecule has 1 amide bonds. The number of thiophene rings is 1. The van der Waals surface area contributed by atoms with E-state index >= 15 is 0 Å². The highest BCUT2D eigenvalue weighted by Gasteiger charge is 2.18. The van der Waals surface area contributed by atoms with Crippen LogP contribution in [0.5, 0.6) is 0 Å². The van der Waals surface area contributed by atoms with Crippen LogP contribution >= 0.6 is 27.3 Å². The van der Waals surface area contributed by atoms with Gasteiger partial charge < -0.3 is 11.1 Å². The Hall–Kier alpha value is -1.51. The third-order valence-electron chi connectivity index (χ3n) is 2.98. The molecule has 3 nitrogen and oxygen atoms in total. The smallest absolute Gasteiger partial charge is 0.264 e. The van der Waals surface area contributed by atoms with E-state index in [4.69, 9.17) is 12.2 Å². The molecule has 0 aliphatic rings. The standard InChI is InChI=1S/C15H15BrN2OS/c1-3-5-10(4-2)18-15(19)14-13(17)11-7-6-9(16)8-12(11)20-14/h2,6-8,10H,3,5,17H2,1H3,(H,18,19). The molecule has 0 radical (unpaired) electrons. The quantitative estimate of drug-likeness (QED) is 0.824. The van der Waals surface area contributed by atoms with Crippen LogP contribution in [0.4, 0.5) is 5.69 Å². The second-order valence-corrected chi connectivity index (χ2v) is 6.43. The zero-order valence-electron chi connectivity index (χ0n) is 11.1. The van der Waals surface area contributed by atoms with Gasteiger partial charge in [-0.3, -0.25) is 4.79 Å². The minimum atomic E-state index is -0.246. The molecule has 1 heterocycles. The van der Waals surface area contributed by atoms with Gasteiger partial charge in [0.1, 0.15) is 4.88 Å². The van der Waals surface area contributed by atoms with Crippen molar-refractivity contribution in [3.8, 4) is 12.3 Å². The second kappa shape index (κ2) is 6.29. The summed E-state index contributed by atoms with van der Waals surface area (Å²) < 4.78 is 1.94. The van der Waals surface area contributed by atoms with Gasteiger partial charge >= 0.3 is 0 Å². The maximum Gasteiger partial charge on any atom is 0.264 e. The van der Waals surface area contributed by atoms with E-state index in [1.54, 1.807) is 0 Å². The number of nitrogens with two attached hydrogens (primary N) is 1. The van der Waals surface area contributed by atoms with Crippen LogP contribution in [0, 0.1) is 12.3 Å².